The highest BCUT2D eigenvalue weighted by Gasteiger charge is 2.21. The summed E-state index contributed by atoms with van der Waals surface area (Å²) < 4.78 is 0. The van der Waals surface area contributed by atoms with Gasteiger partial charge in [0.1, 0.15) is 6.21 Å². The van der Waals surface area contributed by atoms with Crippen molar-refractivity contribution >= 4 is 23.7 Å². The van der Waals surface area contributed by atoms with Gasteiger partial charge >= 0.3 is 0 Å². The summed E-state index contributed by atoms with van der Waals surface area (Å²) in [5.41, 5.74) is 4.22. The van der Waals surface area contributed by atoms with Crippen LogP contribution >= 0.6 is 0 Å². The standard InChI is InChI=1S/C21H23N3O3/c1-15-9-11-17(12-10-15)23-20(25)13-22-27-14-21(26)24-19-8-4-6-16-5-2-3-7-18(16)19/h2-3,5,7,9-13,19H,4,6,8,14H2,1H3,(H,23,25)(H,24,26)/b22-13-/t19-/m1/s1. The second kappa shape index (κ2) is 8.98. The van der Waals surface area contributed by atoms with E-state index in [2.05, 4.69) is 21.9 Å². The Morgan fingerprint density at radius 1 is 1.19 bits per heavy atom. The minimum Gasteiger partial charge on any atom is -0.386 e. The third-order valence-electron chi connectivity index (χ3n) is 4.46. The lowest BCUT2D eigenvalue weighted by atomic mass is 9.88. The lowest BCUT2D eigenvalue weighted by Crippen LogP contribution is -2.33. The van der Waals surface area contributed by atoms with Crippen LogP contribution in [0.25, 0.3) is 0 Å². The van der Waals surface area contributed by atoms with E-state index in [1.807, 2.05) is 37.3 Å². The average Bonchev–Trinajstić information content (AvgIpc) is 2.67. The van der Waals surface area contributed by atoms with Gasteiger partial charge in [-0.3, -0.25) is 9.59 Å². The van der Waals surface area contributed by atoms with Crippen molar-refractivity contribution in [3.63, 3.8) is 0 Å². The van der Waals surface area contributed by atoms with Gasteiger partial charge in [0.2, 0.25) is 0 Å². The SMILES string of the molecule is Cc1ccc(NC(=O)/C=N\OCC(=O)N[C@@H]2CCCc3ccccc32)cc1. The number of carbonyl (C=O) groups excluding carboxylic acids is 2. The van der Waals surface area contributed by atoms with Gasteiger partial charge in [-0.05, 0) is 49.4 Å². The fraction of sp³-hybridized carbons (Fsp3) is 0.286. The summed E-state index contributed by atoms with van der Waals surface area (Å²) in [7, 11) is 0. The number of hydrogen-bond acceptors (Lipinski definition) is 4. The molecule has 0 bridgehead atoms. The van der Waals surface area contributed by atoms with Crippen molar-refractivity contribution in [3.05, 3.63) is 65.2 Å². The fourth-order valence-electron chi connectivity index (χ4n) is 3.13. The Kier molecular flexibility index (Phi) is 6.20. The predicted octanol–water partition coefficient (Wildman–Crippen LogP) is 3.13. The maximum Gasteiger partial charge on any atom is 0.270 e. The molecule has 3 rings (SSSR count). The molecule has 6 nitrogen and oxygen atoms in total. The molecule has 0 heterocycles. The summed E-state index contributed by atoms with van der Waals surface area (Å²) in [5, 5.41) is 9.20. The van der Waals surface area contributed by atoms with E-state index in [0.717, 1.165) is 36.6 Å². The summed E-state index contributed by atoms with van der Waals surface area (Å²) in [6.45, 7) is 1.74. The van der Waals surface area contributed by atoms with Crippen LogP contribution in [0, 0.1) is 6.92 Å². The Hall–Kier alpha value is -3.15. The number of rotatable bonds is 6. The topological polar surface area (TPSA) is 79.8 Å². The van der Waals surface area contributed by atoms with E-state index in [1.165, 1.54) is 5.56 Å². The molecule has 0 radical (unpaired) electrons. The molecule has 140 valence electrons. The van der Waals surface area contributed by atoms with Crippen LogP contribution in [0.3, 0.4) is 0 Å². The summed E-state index contributed by atoms with van der Waals surface area (Å²) in [6, 6.07) is 15.6. The Morgan fingerprint density at radius 2 is 1.96 bits per heavy atom. The number of nitrogens with one attached hydrogen (secondary N) is 2. The second-order valence-electron chi connectivity index (χ2n) is 6.57. The molecule has 0 saturated heterocycles. The van der Waals surface area contributed by atoms with Crippen LogP contribution in [0.4, 0.5) is 5.69 Å². The third kappa shape index (κ3) is 5.41. The first kappa shape index (κ1) is 18.6. The lowest BCUT2D eigenvalue weighted by molar-refractivity contribution is -0.126. The minimum atomic E-state index is -0.416. The average molecular weight is 365 g/mol. The highest BCUT2D eigenvalue weighted by atomic mass is 16.6. The smallest absolute Gasteiger partial charge is 0.270 e. The molecule has 0 aromatic heterocycles. The van der Waals surface area contributed by atoms with E-state index < -0.39 is 5.91 Å². The minimum absolute atomic E-state index is 0.000125. The molecule has 27 heavy (non-hydrogen) atoms. The fourth-order valence-corrected chi connectivity index (χ4v) is 3.13. The summed E-state index contributed by atoms with van der Waals surface area (Å²) in [6.07, 6.45) is 4.01. The molecular formula is C21H23N3O3. The molecule has 0 spiro atoms. The zero-order chi connectivity index (χ0) is 19.1. The van der Waals surface area contributed by atoms with Gasteiger partial charge in [0.15, 0.2) is 6.61 Å². The summed E-state index contributed by atoms with van der Waals surface area (Å²) in [5.74, 6) is -0.673. The number of hydrogen-bond donors (Lipinski definition) is 2. The van der Waals surface area contributed by atoms with E-state index in [-0.39, 0.29) is 18.6 Å². The van der Waals surface area contributed by atoms with E-state index in [4.69, 9.17) is 4.84 Å². The van der Waals surface area contributed by atoms with Gasteiger partial charge in [0.05, 0.1) is 6.04 Å². The van der Waals surface area contributed by atoms with Crippen molar-refractivity contribution in [2.24, 2.45) is 5.16 Å². The monoisotopic (exact) mass is 365 g/mol. The van der Waals surface area contributed by atoms with Crippen molar-refractivity contribution < 1.29 is 14.4 Å². The van der Waals surface area contributed by atoms with Crippen LogP contribution in [-0.2, 0) is 20.8 Å². The number of anilines is 1. The van der Waals surface area contributed by atoms with Crippen LogP contribution in [0.2, 0.25) is 0 Å². The first-order valence-electron chi connectivity index (χ1n) is 9.02. The van der Waals surface area contributed by atoms with E-state index in [9.17, 15) is 9.59 Å². The summed E-state index contributed by atoms with van der Waals surface area (Å²) >= 11 is 0. The molecule has 1 aliphatic rings. The number of nitrogens with zero attached hydrogens (tertiary/aromatic N) is 1. The van der Waals surface area contributed by atoms with Crippen molar-refractivity contribution in [1.82, 2.24) is 5.32 Å². The second-order valence-corrected chi connectivity index (χ2v) is 6.57. The molecule has 2 N–H and O–H groups in total. The molecule has 0 fully saturated rings. The maximum atomic E-state index is 12.1. The number of carbonyl (C=O) groups is 2. The third-order valence-corrected chi connectivity index (χ3v) is 4.46. The highest BCUT2D eigenvalue weighted by Crippen LogP contribution is 2.29. The number of aryl methyl sites for hydroxylation is 2. The van der Waals surface area contributed by atoms with Gasteiger partial charge in [0, 0.05) is 5.69 Å². The first-order chi connectivity index (χ1) is 13.1. The maximum absolute atomic E-state index is 12.1. The van der Waals surface area contributed by atoms with Gasteiger partial charge in [-0.2, -0.15) is 0 Å². The van der Waals surface area contributed by atoms with Crippen molar-refractivity contribution in [2.75, 3.05) is 11.9 Å². The Morgan fingerprint density at radius 3 is 2.78 bits per heavy atom. The summed E-state index contributed by atoms with van der Waals surface area (Å²) in [4.78, 5) is 28.8. The largest absolute Gasteiger partial charge is 0.386 e. The van der Waals surface area contributed by atoms with Crippen LogP contribution in [0.15, 0.2) is 53.7 Å². The van der Waals surface area contributed by atoms with E-state index in [0.29, 0.717) is 5.69 Å². The molecule has 0 saturated carbocycles. The first-order valence-corrected chi connectivity index (χ1v) is 9.02. The van der Waals surface area contributed by atoms with Crippen molar-refractivity contribution in [2.45, 2.75) is 32.2 Å². The van der Waals surface area contributed by atoms with E-state index in [1.54, 1.807) is 12.1 Å². The zero-order valence-electron chi connectivity index (χ0n) is 15.3. The molecular weight excluding hydrogens is 342 g/mol. The number of benzene rings is 2. The molecule has 2 aromatic rings. The van der Waals surface area contributed by atoms with Gasteiger partial charge < -0.3 is 15.5 Å². The Labute approximate surface area is 158 Å². The van der Waals surface area contributed by atoms with Gasteiger partial charge in [-0.1, -0.05) is 47.1 Å². The van der Waals surface area contributed by atoms with Crippen molar-refractivity contribution in [3.8, 4) is 0 Å². The van der Waals surface area contributed by atoms with E-state index >= 15 is 0 Å². The molecule has 6 heteroatoms. The van der Waals surface area contributed by atoms with Crippen LogP contribution in [0.1, 0.15) is 35.6 Å². The molecule has 2 aromatic carbocycles. The number of oxime groups is 1. The quantitative estimate of drug-likeness (QED) is 0.610. The number of fused-ring (bicyclic) bond motifs is 1. The normalized spacial score (nSPS) is 15.8. The molecule has 1 aliphatic carbocycles. The lowest BCUT2D eigenvalue weighted by Gasteiger charge is -2.26. The van der Waals surface area contributed by atoms with Gasteiger partial charge in [-0.25, -0.2) is 0 Å². The predicted molar refractivity (Wildman–Crippen MR) is 105 cm³/mol. The Balaban J connectivity index is 1.42. The number of amides is 2. The van der Waals surface area contributed by atoms with Gasteiger partial charge in [0.25, 0.3) is 11.8 Å². The molecule has 1 atom stereocenters. The van der Waals surface area contributed by atoms with Crippen LogP contribution in [0.5, 0.6) is 0 Å². The highest BCUT2D eigenvalue weighted by molar-refractivity contribution is 6.31. The zero-order valence-corrected chi connectivity index (χ0v) is 15.3. The molecule has 0 aliphatic heterocycles. The molecule has 2 amide bonds. The molecule has 0 unspecified atom stereocenters. The van der Waals surface area contributed by atoms with Crippen molar-refractivity contribution in [1.29, 1.82) is 0 Å². The van der Waals surface area contributed by atoms with Gasteiger partial charge in [-0.15, -0.1) is 0 Å². The van der Waals surface area contributed by atoms with Crippen LogP contribution < -0.4 is 10.6 Å². The van der Waals surface area contributed by atoms with Crippen LogP contribution in [-0.4, -0.2) is 24.6 Å². The Bertz CT molecular complexity index is 831.